The van der Waals surface area contributed by atoms with Crippen molar-refractivity contribution >= 4 is 41.8 Å². The second-order valence-electron chi connectivity index (χ2n) is 17.8. The van der Waals surface area contributed by atoms with Gasteiger partial charge in [0, 0.05) is 0 Å². The first-order chi connectivity index (χ1) is 38.5. The Bertz CT molecular complexity index is 3170. The van der Waals surface area contributed by atoms with E-state index >= 15 is 0 Å². The maximum Gasteiger partial charge on any atom is 0.340 e. The number of hydrogen-bond donors (Lipinski definition) is 1. The van der Waals surface area contributed by atoms with E-state index < -0.39 is 116 Å². The fourth-order valence-electron chi connectivity index (χ4n) is 8.62. The van der Waals surface area contributed by atoms with E-state index in [1.165, 1.54) is 84.9 Å². The third-order valence-electron chi connectivity index (χ3n) is 12.5. The zero-order chi connectivity index (χ0) is 55.1. The molecule has 18 heteroatoms. The molecule has 18 nitrogen and oxygen atoms in total. The van der Waals surface area contributed by atoms with Gasteiger partial charge in [-0.15, -0.1) is 0 Å². The molecule has 2 aliphatic rings. The minimum atomic E-state index is -2.06. The highest BCUT2D eigenvalue weighted by Crippen LogP contribution is 2.37. The number of esters is 7. The summed E-state index contributed by atoms with van der Waals surface area (Å²) in [6.45, 7) is -1.73. The van der Waals surface area contributed by atoms with Crippen molar-refractivity contribution in [3.05, 3.63) is 251 Å². The van der Waals surface area contributed by atoms with Gasteiger partial charge in [-0.2, -0.15) is 0 Å². The first kappa shape index (κ1) is 54.5. The molecule has 9 rings (SSSR count). The Labute approximate surface area is 452 Å². The largest absolute Gasteiger partial charge is 0.459 e. The second kappa shape index (κ2) is 26.1. The van der Waals surface area contributed by atoms with Crippen LogP contribution in [0.15, 0.2) is 212 Å². The lowest BCUT2D eigenvalue weighted by Gasteiger charge is -2.48. The Morgan fingerprint density at radius 3 is 0.911 bits per heavy atom. The fourth-order valence-corrected chi connectivity index (χ4v) is 8.62. The number of ether oxygens (including phenoxy) is 10. The summed E-state index contributed by atoms with van der Waals surface area (Å²) in [5.74, 6) is -6.85. The highest BCUT2D eigenvalue weighted by Gasteiger charge is 2.58. The number of benzene rings is 7. The monoisotopic (exact) mass is 1070 g/mol. The molecule has 0 aromatic heterocycles. The lowest BCUT2D eigenvalue weighted by atomic mass is 9.95. The van der Waals surface area contributed by atoms with Gasteiger partial charge in [0.2, 0.25) is 12.4 Å². The summed E-state index contributed by atoms with van der Waals surface area (Å²) in [4.78, 5) is 99.2. The van der Waals surface area contributed by atoms with Crippen LogP contribution in [0.25, 0.3) is 0 Å². The molecule has 0 unspecified atom stereocenters. The van der Waals surface area contributed by atoms with Crippen LogP contribution in [0.4, 0.5) is 0 Å². The number of rotatable bonds is 18. The molecule has 2 heterocycles. The van der Waals surface area contributed by atoms with E-state index in [9.17, 15) is 38.7 Å². The quantitative estimate of drug-likeness (QED) is 0.0642. The molecule has 1 N–H and O–H groups in total. The zero-order valence-corrected chi connectivity index (χ0v) is 41.8. The Balaban J connectivity index is 1.19. The van der Waals surface area contributed by atoms with Crippen LogP contribution >= 0.6 is 0 Å². The molecule has 2 fully saturated rings. The van der Waals surface area contributed by atoms with E-state index in [-0.39, 0.29) is 38.9 Å². The summed E-state index contributed by atoms with van der Waals surface area (Å²) in [5, 5.41) is 11.2. The zero-order valence-electron chi connectivity index (χ0n) is 41.8. The predicted octanol–water partition coefficient (Wildman–Crippen LogP) is 7.66. The first-order valence-electron chi connectivity index (χ1n) is 24.9. The highest BCUT2D eigenvalue weighted by atomic mass is 16.8. The lowest BCUT2D eigenvalue weighted by molar-refractivity contribution is -0.351. The first-order valence-corrected chi connectivity index (χ1v) is 24.9. The number of carbonyl (C=O) groups is 7. The van der Waals surface area contributed by atoms with Gasteiger partial charge in [-0.05, 0) is 84.9 Å². The van der Waals surface area contributed by atoms with Crippen molar-refractivity contribution in [2.75, 3.05) is 13.2 Å². The Morgan fingerprint density at radius 2 is 0.570 bits per heavy atom. The van der Waals surface area contributed by atoms with Crippen LogP contribution in [-0.2, 0) is 47.4 Å². The van der Waals surface area contributed by atoms with Gasteiger partial charge < -0.3 is 52.5 Å². The molecule has 2 aliphatic heterocycles. The molecular formula is C61H50O18. The average Bonchev–Trinajstić information content (AvgIpc) is 3.56. The van der Waals surface area contributed by atoms with Crippen LogP contribution in [0.2, 0.25) is 0 Å². The molecule has 0 saturated carbocycles. The van der Waals surface area contributed by atoms with E-state index in [1.54, 1.807) is 127 Å². The van der Waals surface area contributed by atoms with Crippen LogP contribution in [-0.4, -0.2) is 122 Å². The van der Waals surface area contributed by atoms with E-state index in [4.69, 9.17) is 47.4 Å². The SMILES string of the molecule is O=C(OC[C@H]1O[C@H](OC(=O)c2ccccc2)[C@@H](OC(=O)c2ccccc2)[C@@H](OC(=O)c2ccccc2)[C@@H]1O[C@@H]1O[C@H](CO)[C@H](OC(=O)c2ccccc2)[C@H](OC(=O)c2ccccc2)[C@H]1OC(=O)c1ccccc1)c1ccccc1. The molecule has 402 valence electrons. The summed E-state index contributed by atoms with van der Waals surface area (Å²) < 4.78 is 62.5. The molecular weight excluding hydrogens is 1020 g/mol. The van der Waals surface area contributed by atoms with Crippen molar-refractivity contribution in [2.24, 2.45) is 0 Å². The molecule has 0 spiro atoms. The average molecular weight is 1070 g/mol. The summed E-state index contributed by atoms with van der Waals surface area (Å²) >= 11 is 0. The van der Waals surface area contributed by atoms with Gasteiger partial charge in [0.15, 0.2) is 30.7 Å². The summed E-state index contributed by atoms with van der Waals surface area (Å²) in [6, 6.07) is 54.0. The molecule has 0 radical (unpaired) electrons. The van der Waals surface area contributed by atoms with E-state index in [0.717, 1.165) is 0 Å². The van der Waals surface area contributed by atoms with Gasteiger partial charge in [0.1, 0.15) is 24.9 Å². The van der Waals surface area contributed by atoms with Crippen LogP contribution < -0.4 is 0 Å². The number of carbonyl (C=O) groups excluding carboxylic acids is 7. The smallest absolute Gasteiger partial charge is 0.340 e. The topological polar surface area (TPSA) is 232 Å². The van der Waals surface area contributed by atoms with Gasteiger partial charge in [0.25, 0.3) is 0 Å². The normalized spacial score (nSPS) is 22.4. The number of hydrogen-bond acceptors (Lipinski definition) is 18. The third-order valence-corrected chi connectivity index (χ3v) is 12.5. The van der Waals surface area contributed by atoms with Crippen molar-refractivity contribution in [2.45, 2.75) is 61.4 Å². The highest BCUT2D eigenvalue weighted by molar-refractivity contribution is 5.93. The van der Waals surface area contributed by atoms with E-state index in [1.807, 2.05) is 0 Å². The van der Waals surface area contributed by atoms with E-state index in [2.05, 4.69) is 0 Å². The van der Waals surface area contributed by atoms with Crippen molar-refractivity contribution in [1.82, 2.24) is 0 Å². The van der Waals surface area contributed by atoms with Crippen LogP contribution in [0.5, 0.6) is 0 Å². The van der Waals surface area contributed by atoms with E-state index in [0.29, 0.717) is 0 Å². The molecule has 0 aliphatic carbocycles. The Morgan fingerprint density at radius 1 is 0.304 bits per heavy atom. The predicted molar refractivity (Wildman–Crippen MR) is 276 cm³/mol. The number of aliphatic hydroxyl groups excluding tert-OH is 1. The van der Waals surface area contributed by atoms with Crippen molar-refractivity contribution in [1.29, 1.82) is 0 Å². The maximum atomic E-state index is 14.5. The van der Waals surface area contributed by atoms with Crippen LogP contribution in [0.3, 0.4) is 0 Å². The molecule has 2 saturated heterocycles. The second-order valence-corrected chi connectivity index (χ2v) is 17.8. The lowest BCUT2D eigenvalue weighted by Crippen LogP contribution is -2.67. The Hall–Kier alpha value is -9.33. The Kier molecular flexibility index (Phi) is 18.0. The van der Waals surface area contributed by atoms with Crippen LogP contribution in [0, 0.1) is 0 Å². The number of aliphatic hydroxyl groups is 1. The van der Waals surface area contributed by atoms with Gasteiger partial charge in [0.05, 0.1) is 45.6 Å². The van der Waals surface area contributed by atoms with Gasteiger partial charge in [-0.1, -0.05) is 127 Å². The van der Waals surface area contributed by atoms with Crippen molar-refractivity contribution in [3.8, 4) is 0 Å². The standard InChI is InChI=1S/C61H50O18/c62-36-45-47(73-54(64)39-24-10-2-11-25-39)49(74-55(65)40-26-12-3-13-27-40)51(76-57(67)42-30-16-5-17-31-42)60(71-45)78-48-46(37-70-53(63)38-22-8-1-9-23-38)72-61(79-59(69)44-34-20-7-21-35-44)52(77-58(68)43-32-18-6-19-33-43)50(48)75-56(66)41-28-14-4-15-29-41/h1-35,45-52,60-62H,36-37H2/t45-,46-,47+,48-,49+,50+,51-,52+,60+,61-/m1/s1. The molecule has 7 aromatic rings. The fraction of sp³-hybridized carbons (Fsp3) is 0.197. The van der Waals surface area contributed by atoms with Gasteiger partial charge in [-0.25, -0.2) is 33.6 Å². The molecule has 10 atom stereocenters. The van der Waals surface area contributed by atoms with Crippen molar-refractivity contribution < 1.29 is 86.0 Å². The minimum absolute atomic E-state index is 0.00571. The van der Waals surface area contributed by atoms with Gasteiger partial charge in [-0.3, -0.25) is 0 Å². The van der Waals surface area contributed by atoms with Crippen LogP contribution in [0.1, 0.15) is 72.5 Å². The molecule has 79 heavy (non-hydrogen) atoms. The summed E-state index contributed by atoms with van der Waals surface area (Å²) in [6.07, 6.45) is -18.8. The summed E-state index contributed by atoms with van der Waals surface area (Å²) in [7, 11) is 0. The van der Waals surface area contributed by atoms with Crippen molar-refractivity contribution in [3.63, 3.8) is 0 Å². The summed E-state index contributed by atoms with van der Waals surface area (Å²) in [5.41, 5.74) is 0.208. The third kappa shape index (κ3) is 13.6. The maximum absolute atomic E-state index is 14.5. The van der Waals surface area contributed by atoms with Gasteiger partial charge >= 0.3 is 41.8 Å². The molecule has 0 amide bonds. The molecule has 7 aromatic carbocycles. The minimum Gasteiger partial charge on any atom is -0.459 e. The molecule has 0 bridgehead atoms.